The molecule has 0 aromatic heterocycles. The molecule has 82 valence electrons. The van der Waals surface area contributed by atoms with E-state index < -0.39 is 0 Å². The Kier molecular flexibility index (Phi) is 9.25. The molecular formula is C14H10Fe-8. The second-order valence-electron chi connectivity index (χ2n) is 2.77. The summed E-state index contributed by atoms with van der Waals surface area (Å²) in [4.78, 5) is 0. The van der Waals surface area contributed by atoms with Crippen molar-refractivity contribution in [3.63, 3.8) is 0 Å². The van der Waals surface area contributed by atoms with E-state index in [-0.39, 0.29) is 17.1 Å². The molecule has 0 saturated carbocycles. The Bertz CT molecular complexity index is 262. The zero-order valence-corrected chi connectivity index (χ0v) is 9.66. The summed E-state index contributed by atoms with van der Waals surface area (Å²) in [6, 6.07) is 23.3. The molecule has 0 N–H and O–H groups in total. The summed E-state index contributed by atoms with van der Waals surface area (Å²) in [5.74, 6) is 0. The van der Waals surface area contributed by atoms with Crippen LogP contribution in [0.25, 0.3) is 0 Å². The maximum Gasteiger partial charge on any atom is 2.00 e. The van der Waals surface area contributed by atoms with E-state index in [1.165, 1.54) is 12.8 Å². The predicted molar refractivity (Wildman–Crippen MR) is 53.4 cm³/mol. The van der Waals surface area contributed by atoms with E-state index in [9.17, 15) is 0 Å². The van der Waals surface area contributed by atoms with Crippen molar-refractivity contribution in [1.82, 2.24) is 0 Å². The second kappa shape index (κ2) is 9.76. The molecule has 0 aliphatic heterocycles. The van der Waals surface area contributed by atoms with Crippen LogP contribution in [0.3, 0.4) is 0 Å². The van der Waals surface area contributed by atoms with Crippen LogP contribution in [0.1, 0.15) is 25.3 Å². The molecule has 0 nitrogen and oxygen atoms in total. The number of hydrogen-bond donors (Lipinski definition) is 0. The van der Waals surface area contributed by atoms with Crippen molar-refractivity contribution in [1.29, 1.82) is 0 Å². The molecule has 0 fully saturated rings. The average molecular weight is 234 g/mol. The van der Waals surface area contributed by atoms with Gasteiger partial charge in [-0.05, 0) is 0 Å². The van der Waals surface area contributed by atoms with E-state index in [4.69, 9.17) is 0 Å². The summed E-state index contributed by atoms with van der Waals surface area (Å²) in [6.07, 6.45) is 3.53. The molecular weight excluding hydrogens is 224 g/mol. The molecule has 2 aromatic rings. The predicted octanol–water partition coefficient (Wildman–Crippen LogP) is 2.55. The molecule has 0 atom stereocenters. The molecule has 0 radical (unpaired) electrons. The van der Waals surface area contributed by atoms with Crippen molar-refractivity contribution in [2.75, 3.05) is 0 Å². The smallest absolute Gasteiger partial charge is 0.999 e. The van der Waals surface area contributed by atoms with Crippen LogP contribution in [-0.2, 0) is 23.5 Å². The van der Waals surface area contributed by atoms with Gasteiger partial charge in [-0.3, -0.25) is 0 Å². The molecule has 1 heteroatoms. The van der Waals surface area contributed by atoms with Gasteiger partial charge in [-0.15, -0.1) is 0 Å². The Hall–Kier alpha value is -0.781. The minimum absolute atomic E-state index is 0. The van der Waals surface area contributed by atoms with Crippen LogP contribution >= 0.6 is 0 Å². The third kappa shape index (κ3) is 7.18. The van der Waals surface area contributed by atoms with Crippen molar-refractivity contribution in [3.8, 4) is 0 Å². The van der Waals surface area contributed by atoms with Gasteiger partial charge in [0.25, 0.3) is 0 Å². The zero-order valence-electron chi connectivity index (χ0n) is 8.55. The van der Waals surface area contributed by atoms with Gasteiger partial charge in [-0.25, -0.2) is 6.42 Å². The van der Waals surface area contributed by atoms with Crippen molar-refractivity contribution in [2.24, 2.45) is 0 Å². The topological polar surface area (TPSA) is 0 Å². The van der Waals surface area contributed by atoms with Crippen molar-refractivity contribution in [2.45, 2.75) is 26.2 Å². The molecule has 0 bridgehead atoms. The molecule has 0 spiro atoms. The molecule has 2 aromatic carbocycles. The Labute approximate surface area is 104 Å². The largest absolute Gasteiger partial charge is 2.00 e. The molecule has 0 aliphatic carbocycles. The van der Waals surface area contributed by atoms with Gasteiger partial charge in [-0.1, -0.05) is 19.8 Å². The molecule has 0 heterocycles. The first kappa shape index (κ1) is 14.2. The molecule has 2 rings (SSSR count). The van der Waals surface area contributed by atoms with Crippen LogP contribution in [0.15, 0.2) is 6.07 Å². The van der Waals surface area contributed by atoms with Crippen molar-refractivity contribution < 1.29 is 17.1 Å². The van der Waals surface area contributed by atoms with Gasteiger partial charge in [0.1, 0.15) is 0 Å². The molecule has 0 amide bonds. The molecule has 0 saturated heterocycles. The maximum atomic E-state index is 2.94. The van der Waals surface area contributed by atoms with Gasteiger partial charge in [0, 0.05) is 0 Å². The second-order valence-corrected chi connectivity index (χ2v) is 2.77. The Balaban J connectivity index is 0.000000280. The van der Waals surface area contributed by atoms with Crippen LogP contribution in [-0.4, -0.2) is 0 Å². The third-order valence-corrected chi connectivity index (χ3v) is 1.62. The number of unbranched alkanes of at least 4 members (excludes halogenated alkanes) is 1. The van der Waals surface area contributed by atoms with Crippen molar-refractivity contribution in [3.05, 3.63) is 60.2 Å². The summed E-state index contributed by atoms with van der Waals surface area (Å²) in [5, 5.41) is 0. The summed E-state index contributed by atoms with van der Waals surface area (Å²) in [5.41, 5.74) is 1.12. The van der Waals surface area contributed by atoms with Gasteiger partial charge in [0.2, 0.25) is 0 Å². The van der Waals surface area contributed by atoms with E-state index in [1.807, 2.05) is 0 Å². The normalized spacial score (nSPS) is 8.60. The minimum Gasteiger partial charge on any atom is -0.999 e. The summed E-state index contributed by atoms with van der Waals surface area (Å²) < 4.78 is 0. The fourth-order valence-corrected chi connectivity index (χ4v) is 0.904. The monoisotopic (exact) mass is 234 g/mol. The van der Waals surface area contributed by atoms with Crippen LogP contribution in [0.2, 0.25) is 0 Å². The van der Waals surface area contributed by atoms with Crippen molar-refractivity contribution >= 4 is 0 Å². The maximum absolute atomic E-state index is 2.94. The summed E-state index contributed by atoms with van der Waals surface area (Å²) in [6.45, 7) is 2.18. The van der Waals surface area contributed by atoms with Gasteiger partial charge < -0.3 is 60.2 Å². The molecule has 0 unspecified atom stereocenters. The first-order valence-corrected chi connectivity index (χ1v) is 4.64. The quantitative estimate of drug-likeness (QED) is 0.565. The number of rotatable bonds is 3. The average Bonchev–Trinajstić information content (AvgIpc) is 2.90. The van der Waals surface area contributed by atoms with E-state index in [1.54, 1.807) is 6.07 Å². The number of aryl methyl sites for hydroxylation is 1. The van der Waals surface area contributed by atoms with Gasteiger partial charge in [0.05, 0.1) is 0 Å². The first-order chi connectivity index (χ1) is 6.93. The first-order valence-electron chi connectivity index (χ1n) is 4.64. The third-order valence-electron chi connectivity index (χ3n) is 1.62. The van der Waals surface area contributed by atoms with E-state index in [2.05, 4.69) is 55.5 Å². The Morgan fingerprint density at radius 3 is 2.00 bits per heavy atom. The van der Waals surface area contributed by atoms with Crippen LogP contribution in [0.4, 0.5) is 0 Å². The fraction of sp³-hybridized carbons (Fsp3) is 0.286. The van der Waals surface area contributed by atoms with E-state index >= 15 is 0 Å². The van der Waals surface area contributed by atoms with Gasteiger partial charge in [0.15, 0.2) is 0 Å². The Morgan fingerprint density at radius 1 is 1.00 bits per heavy atom. The van der Waals surface area contributed by atoms with Gasteiger partial charge >= 0.3 is 17.1 Å². The van der Waals surface area contributed by atoms with E-state index in [0.29, 0.717) is 0 Å². The summed E-state index contributed by atoms with van der Waals surface area (Å²) >= 11 is 0. The minimum atomic E-state index is 0. The van der Waals surface area contributed by atoms with Gasteiger partial charge in [-0.2, -0.15) is 0 Å². The van der Waals surface area contributed by atoms with Crippen LogP contribution < -0.4 is 0 Å². The molecule has 0 aliphatic rings. The van der Waals surface area contributed by atoms with Crippen LogP contribution in [0, 0.1) is 48.5 Å². The number of hydrogen-bond acceptors (Lipinski definition) is 0. The SMILES string of the molecule is CCCC[c-]1[c-][c-][c-][c-]1.[Fe+2].[c-]1[c-][c-][cH-][c-]1. The fourth-order valence-electron chi connectivity index (χ4n) is 0.904. The van der Waals surface area contributed by atoms with E-state index in [0.717, 1.165) is 12.0 Å². The molecule has 15 heavy (non-hydrogen) atoms. The summed E-state index contributed by atoms with van der Waals surface area (Å²) in [7, 11) is 0. The van der Waals surface area contributed by atoms with Crippen LogP contribution in [0.5, 0.6) is 0 Å². The standard InChI is InChI=1S/C9H9.C5H.Fe/c1-2-3-6-9-7-4-5-8-9;1-2-4-5-3-1;/h2-3,6H2,1H3;1H;/q2*-5;+2. The Morgan fingerprint density at radius 2 is 1.60 bits per heavy atom. The zero-order chi connectivity index (χ0) is 10.1.